The Bertz CT molecular complexity index is 999. The molecule has 1 aromatic heterocycles. The molecular weight excluding hydrogens is 464 g/mol. The van der Waals surface area contributed by atoms with Gasteiger partial charge in [-0.05, 0) is 56.9 Å². The SMILES string of the molecule is CN(C)CCCNc1nc(CN2CCN(Cc3ccc(Br)cc3)CC2)nc2ccccc12. The standard InChI is InChI=1S/C25H33BrN6/c1-30(2)13-5-12-27-25-22-6-3-4-7-23(22)28-24(29-25)19-32-16-14-31(15-17-32)18-20-8-10-21(26)11-9-20/h3-4,6-11H,5,12-19H2,1-2H3,(H,27,28,29). The molecule has 1 aliphatic rings. The van der Waals surface area contributed by atoms with E-state index >= 15 is 0 Å². The van der Waals surface area contributed by atoms with Gasteiger partial charge in [0.2, 0.25) is 0 Å². The first-order chi connectivity index (χ1) is 15.6. The third-order valence-electron chi connectivity index (χ3n) is 5.87. The van der Waals surface area contributed by atoms with E-state index in [1.807, 2.05) is 0 Å². The summed E-state index contributed by atoms with van der Waals surface area (Å²) in [5.74, 6) is 1.86. The highest BCUT2D eigenvalue weighted by atomic mass is 79.9. The first-order valence-corrected chi connectivity index (χ1v) is 12.2. The van der Waals surface area contributed by atoms with Crippen LogP contribution in [0.5, 0.6) is 0 Å². The molecular formula is C25H33BrN6. The molecule has 32 heavy (non-hydrogen) atoms. The Labute approximate surface area is 199 Å². The van der Waals surface area contributed by atoms with Gasteiger partial charge in [-0.2, -0.15) is 0 Å². The minimum absolute atomic E-state index is 0.795. The molecule has 1 N–H and O–H groups in total. The molecule has 1 aliphatic heterocycles. The van der Waals surface area contributed by atoms with E-state index in [9.17, 15) is 0 Å². The van der Waals surface area contributed by atoms with Gasteiger partial charge in [0.15, 0.2) is 0 Å². The summed E-state index contributed by atoms with van der Waals surface area (Å²) in [6.45, 7) is 7.99. The molecule has 3 aromatic rings. The number of rotatable bonds is 9. The van der Waals surface area contributed by atoms with Gasteiger partial charge in [-0.1, -0.05) is 40.2 Å². The predicted molar refractivity (Wildman–Crippen MR) is 136 cm³/mol. The number of nitrogens with one attached hydrogen (secondary N) is 1. The molecule has 1 saturated heterocycles. The van der Waals surface area contributed by atoms with Crippen molar-refractivity contribution < 1.29 is 0 Å². The van der Waals surface area contributed by atoms with Gasteiger partial charge in [0.25, 0.3) is 0 Å². The van der Waals surface area contributed by atoms with Crippen molar-refractivity contribution in [3.8, 4) is 0 Å². The van der Waals surface area contributed by atoms with E-state index in [0.717, 1.165) is 85.8 Å². The summed E-state index contributed by atoms with van der Waals surface area (Å²) in [5, 5.41) is 4.65. The number of para-hydroxylation sites is 1. The lowest BCUT2D eigenvalue weighted by molar-refractivity contribution is 0.120. The quantitative estimate of drug-likeness (QED) is 0.450. The second kappa shape index (κ2) is 11.2. The van der Waals surface area contributed by atoms with Gasteiger partial charge in [-0.3, -0.25) is 9.80 Å². The average Bonchev–Trinajstić information content (AvgIpc) is 2.79. The van der Waals surface area contributed by atoms with Crippen molar-refractivity contribution in [2.45, 2.75) is 19.5 Å². The van der Waals surface area contributed by atoms with Crippen molar-refractivity contribution in [3.05, 3.63) is 64.4 Å². The van der Waals surface area contributed by atoms with Crippen molar-refractivity contribution in [3.63, 3.8) is 0 Å². The van der Waals surface area contributed by atoms with Crippen LogP contribution >= 0.6 is 15.9 Å². The van der Waals surface area contributed by atoms with E-state index in [-0.39, 0.29) is 0 Å². The number of nitrogens with zero attached hydrogens (tertiary/aromatic N) is 5. The second-order valence-electron chi connectivity index (χ2n) is 8.77. The number of fused-ring (bicyclic) bond motifs is 1. The van der Waals surface area contributed by atoms with E-state index in [2.05, 4.69) is 98.6 Å². The molecule has 4 rings (SSSR count). The highest BCUT2D eigenvalue weighted by Gasteiger charge is 2.19. The fraction of sp³-hybridized carbons (Fsp3) is 0.440. The van der Waals surface area contributed by atoms with Crippen LogP contribution in [0, 0.1) is 0 Å². The Balaban J connectivity index is 1.36. The Morgan fingerprint density at radius 2 is 1.59 bits per heavy atom. The van der Waals surface area contributed by atoms with Crippen molar-refractivity contribution in [2.75, 3.05) is 58.7 Å². The number of benzene rings is 2. The smallest absolute Gasteiger partial charge is 0.145 e. The summed E-state index contributed by atoms with van der Waals surface area (Å²) >= 11 is 3.51. The van der Waals surface area contributed by atoms with E-state index in [0.29, 0.717) is 0 Å². The second-order valence-corrected chi connectivity index (χ2v) is 9.68. The minimum atomic E-state index is 0.795. The summed E-state index contributed by atoms with van der Waals surface area (Å²) in [7, 11) is 4.22. The van der Waals surface area contributed by atoms with Crippen LogP contribution in [-0.4, -0.2) is 78.0 Å². The molecule has 1 fully saturated rings. The fourth-order valence-electron chi connectivity index (χ4n) is 4.09. The van der Waals surface area contributed by atoms with Gasteiger partial charge in [0, 0.05) is 49.1 Å². The molecule has 170 valence electrons. The van der Waals surface area contributed by atoms with Gasteiger partial charge in [0.05, 0.1) is 12.1 Å². The van der Waals surface area contributed by atoms with Crippen LogP contribution in [0.2, 0.25) is 0 Å². The van der Waals surface area contributed by atoms with Crippen LogP contribution in [-0.2, 0) is 13.1 Å². The van der Waals surface area contributed by atoms with E-state index in [1.165, 1.54) is 5.56 Å². The first-order valence-electron chi connectivity index (χ1n) is 11.4. The Hall–Kier alpha value is -2.06. The third-order valence-corrected chi connectivity index (χ3v) is 6.40. The molecule has 2 aromatic carbocycles. The lowest BCUT2D eigenvalue weighted by Crippen LogP contribution is -2.45. The molecule has 7 heteroatoms. The Morgan fingerprint density at radius 3 is 2.31 bits per heavy atom. The van der Waals surface area contributed by atoms with Crippen molar-refractivity contribution in [1.82, 2.24) is 24.7 Å². The molecule has 0 radical (unpaired) electrons. The van der Waals surface area contributed by atoms with Crippen molar-refractivity contribution in [1.29, 1.82) is 0 Å². The lowest BCUT2D eigenvalue weighted by Gasteiger charge is -2.34. The maximum absolute atomic E-state index is 4.91. The number of halogens is 1. The number of aromatic nitrogens is 2. The number of hydrogen-bond donors (Lipinski definition) is 1. The normalized spacial score (nSPS) is 15.5. The van der Waals surface area contributed by atoms with Gasteiger partial charge in [-0.15, -0.1) is 0 Å². The summed E-state index contributed by atoms with van der Waals surface area (Å²) in [4.78, 5) is 17.0. The van der Waals surface area contributed by atoms with Crippen LogP contribution in [0.1, 0.15) is 17.8 Å². The first kappa shape index (κ1) is 23.1. The third kappa shape index (κ3) is 6.48. The summed E-state index contributed by atoms with van der Waals surface area (Å²) in [6.07, 6.45) is 1.08. The average molecular weight is 497 g/mol. The lowest BCUT2D eigenvalue weighted by atomic mass is 10.2. The topological polar surface area (TPSA) is 47.5 Å². The van der Waals surface area contributed by atoms with Gasteiger partial charge < -0.3 is 10.2 Å². The predicted octanol–water partition coefficient (Wildman–Crippen LogP) is 4.07. The Morgan fingerprint density at radius 1 is 0.906 bits per heavy atom. The Kier molecular flexibility index (Phi) is 8.08. The molecule has 0 amide bonds. The number of hydrogen-bond acceptors (Lipinski definition) is 6. The summed E-state index contributed by atoms with van der Waals surface area (Å²) < 4.78 is 1.13. The monoisotopic (exact) mass is 496 g/mol. The zero-order valence-electron chi connectivity index (χ0n) is 19.1. The van der Waals surface area contributed by atoms with Crippen molar-refractivity contribution in [2.24, 2.45) is 0 Å². The summed E-state index contributed by atoms with van der Waals surface area (Å²) in [6, 6.07) is 16.9. The highest BCUT2D eigenvalue weighted by molar-refractivity contribution is 9.10. The zero-order chi connectivity index (χ0) is 22.3. The van der Waals surface area contributed by atoms with Crippen LogP contribution in [0.25, 0.3) is 10.9 Å². The molecule has 2 heterocycles. The molecule has 0 bridgehead atoms. The van der Waals surface area contributed by atoms with Crippen LogP contribution in [0.4, 0.5) is 5.82 Å². The maximum atomic E-state index is 4.91. The molecule has 0 unspecified atom stereocenters. The van der Waals surface area contributed by atoms with Gasteiger partial charge in [-0.25, -0.2) is 9.97 Å². The molecule has 6 nitrogen and oxygen atoms in total. The zero-order valence-corrected chi connectivity index (χ0v) is 20.7. The van der Waals surface area contributed by atoms with E-state index in [1.54, 1.807) is 0 Å². The molecule has 0 aliphatic carbocycles. The van der Waals surface area contributed by atoms with Gasteiger partial charge >= 0.3 is 0 Å². The number of piperazine rings is 1. The van der Waals surface area contributed by atoms with Crippen LogP contribution in [0.15, 0.2) is 53.0 Å². The maximum Gasteiger partial charge on any atom is 0.145 e. The van der Waals surface area contributed by atoms with Crippen LogP contribution < -0.4 is 5.32 Å². The van der Waals surface area contributed by atoms with E-state index in [4.69, 9.17) is 9.97 Å². The fourth-order valence-corrected chi connectivity index (χ4v) is 4.35. The van der Waals surface area contributed by atoms with E-state index < -0.39 is 0 Å². The minimum Gasteiger partial charge on any atom is -0.369 e. The highest BCUT2D eigenvalue weighted by Crippen LogP contribution is 2.21. The molecule has 0 saturated carbocycles. The number of anilines is 1. The molecule has 0 atom stereocenters. The largest absolute Gasteiger partial charge is 0.369 e. The summed E-state index contributed by atoms with van der Waals surface area (Å²) in [5.41, 5.74) is 2.38. The van der Waals surface area contributed by atoms with Crippen LogP contribution in [0.3, 0.4) is 0 Å². The molecule has 0 spiro atoms. The van der Waals surface area contributed by atoms with Gasteiger partial charge in [0.1, 0.15) is 11.6 Å². The van der Waals surface area contributed by atoms with Crippen molar-refractivity contribution >= 4 is 32.7 Å².